The molecule has 0 aromatic heterocycles. The van der Waals surface area contributed by atoms with Crippen molar-refractivity contribution >= 4 is 11.8 Å². The number of allylic oxidation sites excluding steroid dienone is 1. The molecule has 0 radical (unpaired) electrons. The van der Waals surface area contributed by atoms with Gasteiger partial charge in [0.15, 0.2) is 0 Å². The minimum atomic E-state index is -0.437. The molecule has 0 heterocycles. The summed E-state index contributed by atoms with van der Waals surface area (Å²) in [6, 6.07) is 0.223. The van der Waals surface area contributed by atoms with Crippen molar-refractivity contribution < 1.29 is 9.53 Å². The van der Waals surface area contributed by atoms with E-state index < -0.39 is 5.60 Å². The Balaban J connectivity index is 2.29. The van der Waals surface area contributed by atoms with Crippen molar-refractivity contribution in [3.05, 3.63) is 12.7 Å². The summed E-state index contributed by atoms with van der Waals surface area (Å²) in [7, 11) is 1.84. The van der Waals surface area contributed by atoms with Crippen LogP contribution in [0.4, 0.5) is 4.79 Å². The van der Waals surface area contributed by atoms with Crippen molar-refractivity contribution in [1.82, 2.24) is 5.32 Å². The number of alkyl carbamates (subject to hydrolysis) is 1. The van der Waals surface area contributed by atoms with Crippen LogP contribution in [0.2, 0.25) is 0 Å². The highest BCUT2D eigenvalue weighted by molar-refractivity contribution is 5.88. The Morgan fingerprint density at radius 3 is 2.58 bits per heavy atom. The van der Waals surface area contributed by atoms with Gasteiger partial charge in [-0.25, -0.2) is 4.79 Å². The number of rotatable bonds is 5. The maximum Gasteiger partial charge on any atom is 0.407 e. The first kappa shape index (κ1) is 15.7. The molecule has 0 bridgehead atoms. The summed E-state index contributed by atoms with van der Waals surface area (Å²) < 4.78 is 5.24. The van der Waals surface area contributed by atoms with Gasteiger partial charge in [-0.3, -0.25) is 4.99 Å². The highest BCUT2D eigenvalue weighted by Gasteiger charge is 2.34. The molecule has 108 valence electrons. The average Bonchev–Trinajstić information content (AvgIpc) is 2.23. The topological polar surface area (TPSA) is 50.7 Å². The van der Waals surface area contributed by atoms with Crippen LogP contribution < -0.4 is 5.32 Å². The maximum absolute atomic E-state index is 11.6. The largest absolute Gasteiger partial charge is 0.444 e. The van der Waals surface area contributed by atoms with E-state index in [1.165, 1.54) is 5.71 Å². The summed E-state index contributed by atoms with van der Waals surface area (Å²) >= 11 is 0. The van der Waals surface area contributed by atoms with Crippen LogP contribution in [0, 0.1) is 5.92 Å². The lowest BCUT2D eigenvalue weighted by atomic mass is 9.76. The van der Waals surface area contributed by atoms with E-state index in [4.69, 9.17) is 4.74 Å². The Morgan fingerprint density at radius 1 is 1.47 bits per heavy atom. The first-order chi connectivity index (χ1) is 8.85. The minimum absolute atomic E-state index is 0.223. The summed E-state index contributed by atoms with van der Waals surface area (Å²) in [5, 5.41) is 2.90. The molecule has 0 aromatic carbocycles. The Bertz CT molecular complexity index is 350. The molecule has 1 fully saturated rings. The molecule has 1 aliphatic rings. The van der Waals surface area contributed by atoms with E-state index in [9.17, 15) is 4.79 Å². The number of carbonyl (C=O) groups is 1. The van der Waals surface area contributed by atoms with Gasteiger partial charge < -0.3 is 10.1 Å². The predicted octanol–water partition coefficient (Wildman–Crippen LogP) is 3.33. The van der Waals surface area contributed by atoms with Crippen molar-refractivity contribution in [2.24, 2.45) is 10.9 Å². The molecule has 0 unspecified atom stereocenters. The van der Waals surface area contributed by atoms with Crippen LogP contribution in [0.15, 0.2) is 17.6 Å². The second-order valence-corrected chi connectivity index (χ2v) is 6.05. The van der Waals surface area contributed by atoms with Crippen LogP contribution >= 0.6 is 0 Å². The molecule has 19 heavy (non-hydrogen) atoms. The van der Waals surface area contributed by atoms with Crippen molar-refractivity contribution in [3.63, 3.8) is 0 Å². The minimum Gasteiger partial charge on any atom is -0.444 e. The van der Waals surface area contributed by atoms with Crippen LogP contribution in [0.25, 0.3) is 0 Å². The number of nitrogens with one attached hydrogen (secondary N) is 1. The van der Waals surface area contributed by atoms with Gasteiger partial charge in [0.1, 0.15) is 5.60 Å². The van der Waals surface area contributed by atoms with Gasteiger partial charge in [0, 0.05) is 24.7 Å². The van der Waals surface area contributed by atoms with E-state index in [2.05, 4.69) is 16.9 Å². The zero-order valence-electron chi connectivity index (χ0n) is 12.5. The van der Waals surface area contributed by atoms with Crippen LogP contribution in [-0.4, -0.2) is 30.5 Å². The van der Waals surface area contributed by atoms with Gasteiger partial charge in [-0.2, -0.15) is 0 Å². The third kappa shape index (κ3) is 5.45. The molecule has 4 heteroatoms. The lowest BCUT2D eigenvalue weighted by Crippen LogP contribution is -2.48. The Hall–Kier alpha value is -1.32. The fraction of sp³-hybridized carbons (Fsp3) is 0.733. The summed E-state index contributed by atoms with van der Waals surface area (Å²) in [6.45, 7) is 9.33. The molecule has 1 saturated carbocycles. The maximum atomic E-state index is 11.6. The number of hydrogen-bond acceptors (Lipinski definition) is 3. The highest BCUT2D eigenvalue weighted by Crippen LogP contribution is 2.30. The van der Waals surface area contributed by atoms with Gasteiger partial charge >= 0.3 is 6.09 Å². The van der Waals surface area contributed by atoms with Crippen LogP contribution in [-0.2, 0) is 4.74 Å². The Morgan fingerprint density at radius 2 is 2.11 bits per heavy atom. The summed E-state index contributed by atoms with van der Waals surface area (Å²) in [5.41, 5.74) is 0.801. The average molecular weight is 266 g/mol. The molecule has 1 amide bonds. The quantitative estimate of drug-likeness (QED) is 0.613. The molecular weight excluding hydrogens is 240 g/mol. The molecule has 0 saturated heterocycles. The van der Waals surface area contributed by atoms with Gasteiger partial charge in [-0.1, -0.05) is 6.08 Å². The number of carbonyl (C=O) groups excluding carboxylic acids is 1. The molecule has 1 rings (SSSR count). The second kappa shape index (κ2) is 6.73. The van der Waals surface area contributed by atoms with Crippen molar-refractivity contribution in [2.75, 3.05) is 7.05 Å². The SMILES string of the molecule is C=CCC/C(=N/C)[C@H]1C[C@@H](NC(=O)OC(C)(C)C)C1. The number of aliphatic imine (C=N–C) groups is 1. The lowest BCUT2D eigenvalue weighted by molar-refractivity contribution is 0.0468. The first-order valence-electron chi connectivity index (χ1n) is 6.91. The molecule has 0 atom stereocenters. The van der Waals surface area contributed by atoms with Gasteiger partial charge in [0.2, 0.25) is 0 Å². The molecular formula is C15H26N2O2. The predicted molar refractivity (Wildman–Crippen MR) is 78.7 cm³/mol. The van der Waals surface area contributed by atoms with E-state index in [1.54, 1.807) is 0 Å². The Kier molecular flexibility index (Phi) is 5.58. The van der Waals surface area contributed by atoms with E-state index in [-0.39, 0.29) is 12.1 Å². The standard InChI is InChI=1S/C15H26N2O2/c1-6-7-8-13(16-5)11-9-12(10-11)17-14(18)19-15(2,3)4/h6,11-12H,1,7-10H2,2-5H3,(H,17,18)/b16-13-/t11-,12+. The monoisotopic (exact) mass is 266 g/mol. The van der Waals surface area contributed by atoms with Crippen molar-refractivity contribution in [2.45, 2.75) is 58.1 Å². The smallest absolute Gasteiger partial charge is 0.407 e. The number of ether oxygens (including phenoxy) is 1. The molecule has 0 aliphatic heterocycles. The summed E-state index contributed by atoms with van der Waals surface area (Å²) in [6.07, 6.45) is 5.46. The highest BCUT2D eigenvalue weighted by atomic mass is 16.6. The normalized spacial score (nSPS) is 23.5. The van der Waals surface area contributed by atoms with Crippen LogP contribution in [0.5, 0.6) is 0 Å². The molecule has 0 spiro atoms. The number of hydrogen-bond donors (Lipinski definition) is 1. The first-order valence-corrected chi connectivity index (χ1v) is 6.91. The number of nitrogens with zero attached hydrogens (tertiary/aromatic N) is 1. The summed E-state index contributed by atoms with van der Waals surface area (Å²) in [4.78, 5) is 15.9. The zero-order chi connectivity index (χ0) is 14.5. The van der Waals surface area contributed by atoms with Crippen LogP contribution in [0.1, 0.15) is 46.5 Å². The van der Waals surface area contributed by atoms with E-state index in [0.29, 0.717) is 5.92 Å². The number of amides is 1. The summed E-state index contributed by atoms with van der Waals surface area (Å²) in [5.74, 6) is 0.505. The van der Waals surface area contributed by atoms with E-state index >= 15 is 0 Å². The zero-order valence-corrected chi connectivity index (χ0v) is 12.5. The third-order valence-corrected chi connectivity index (χ3v) is 3.22. The molecule has 4 nitrogen and oxygen atoms in total. The van der Waals surface area contributed by atoms with Gasteiger partial charge in [0.25, 0.3) is 0 Å². The van der Waals surface area contributed by atoms with Crippen molar-refractivity contribution in [1.29, 1.82) is 0 Å². The molecule has 0 aromatic rings. The van der Waals surface area contributed by atoms with Crippen LogP contribution in [0.3, 0.4) is 0 Å². The van der Waals surface area contributed by atoms with Gasteiger partial charge in [-0.15, -0.1) is 6.58 Å². The Labute approximate surface area is 116 Å². The van der Waals surface area contributed by atoms with E-state index in [1.807, 2.05) is 33.9 Å². The third-order valence-electron chi connectivity index (χ3n) is 3.22. The van der Waals surface area contributed by atoms with E-state index in [0.717, 1.165) is 25.7 Å². The van der Waals surface area contributed by atoms with Gasteiger partial charge in [0.05, 0.1) is 0 Å². The fourth-order valence-electron chi connectivity index (χ4n) is 2.23. The van der Waals surface area contributed by atoms with Crippen molar-refractivity contribution in [3.8, 4) is 0 Å². The molecule has 1 aliphatic carbocycles. The van der Waals surface area contributed by atoms with Gasteiger partial charge in [-0.05, 0) is 46.5 Å². The lowest BCUT2D eigenvalue weighted by Gasteiger charge is -2.37. The fourth-order valence-corrected chi connectivity index (χ4v) is 2.23. The second-order valence-electron chi connectivity index (χ2n) is 6.05. The molecule has 1 N–H and O–H groups in total.